The molecule has 2 nitrogen and oxygen atoms in total. The number of halogens is 2. The van der Waals surface area contributed by atoms with Gasteiger partial charge in [0.15, 0.2) is 0 Å². The van der Waals surface area contributed by atoms with Gasteiger partial charge in [-0.15, -0.1) is 23.2 Å². The molecule has 0 aromatic carbocycles. The van der Waals surface area contributed by atoms with Gasteiger partial charge in [-0.05, 0) is 21.0 Å². The Morgan fingerprint density at radius 2 is 2.00 bits per heavy atom. The third kappa shape index (κ3) is 10.5. The zero-order chi connectivity index (χ0) is 9.56. The van der Waals surface area contributed by atoms with Gasteiger partial charge in [-0.25, -0.2) is 0 Å². The van der Waals surface area contributed by atoms with Crippen molar-refractivity contribution in [3.05, 3.63) is 0 Å². The molecule has 0 aromatic heterocycles. The van der Waals surface area contributed by atoms with Crippen molar-refractivity contribution in [2.24, 2.45) is 0 Å². The lowest BCUT2D eigenvalue weighted by atomic mass is 10.5. The first-order chi connectivity index (χ1) is 5.56. The minimum Gasteiger partial charge on any atom is -0.372 e. The Bertz CT molecular complexity index is 105. The first kappa shape index (κ1) is 12.5. The van der Waals surface area contributed by atoms with Gasteiger partial charge in [0.1, 0.15) is 0 Å². The minimum absolute atomic E-state index is 0.122. The van der Waals surface area contributed by atoms with Gasteiger partial charge in [0.05, 0.1) is 12.7 Å². The Balaban J connectivity index is 0.000000217. The van der Waals surface area contributed by atoms with Gasteiger partial charge in [-0.1, -0.05) is 0 Å². The molecule has 0 radical (unpaired) electrons. The number of rotatable bonds is 3. The fourth-order valence-corrected chi connectivity index (χ4v) is 0.581. The van der Waals surface area contributed by atoms with E-state index in [0.29, 0.717) is 12.0 Å². The molecular formula is C8H17Cl2NO. The third-order valence-corrected chi connectivity index (χ3v) is 1.96. The summed E-state index contributed by atoms with van der Waals surface area (Å²) in [6, 6.07) is 0. The lowest BCUT2D eigenvalue weighted by Crippen LogP contribution is -2.17. The molecule has 0 bridgehead atoms. The molecule has 1 heterocycles. The van der Waals surface area contributed by atoms with Crippen molar-refractivity contribution in [3.8, 4) is 0 Å². The number of hydrogen-bond donors (Lipinski definition) is 0. The van der Waals surface area contributed by atoms with Gasteiger partial charge in [0.25, 0.3) is 0 Å². The van der Waals surface area contributed by atoms with Crippen LogP contribution in [0.25, 0.3) is 0 Å². The van der Waals surface area contributed by atoms with Crippen LogP contribution < -0.4 is 0 Å². The molecule has 0 aliphatic carbocycles. The van der Waals surface area contributed by atoms with Gasteiger partial charge in [-0.3, -0.25) is 0 Å². The molecule has 2 atom stereocenters. The standard InChI is InChI=1S/C5H11NO.C3H6Cl2/c1-6(2)3-5-4-7-5;1-3(5)2-4/h5H,3-4H2,1-2H3;3H,2H2,1H3. The van der Waals surface area contributed by atoms with E-state index < -0.39 is 0 Å². The molecule has 0 aromatic rings. The van der Waals surface area contributed by atoms with Crippen LogP contribution in [0.1, 0.15) is 6.92 Å². The molecule has 1 rings (SSSR count). The smallest absolute Gasteiger partial charge is 0.0936 e. The zero-order valence-corrected chi connectivity index (χ0v) is 9.40. The Kier molecular flexibility index (Phi) is 7.25. The predicted octanol–water partition coefficient (Wildman–Crippen LogP) is 1.80. The number of epoxide rings is 1. The predicted molar refractivity (Wildman–Crippen MR) is 54.3 cm³/mol. The molecular weight excluding hydrogens is 197 g/mol. The number of hydrogen-bond acceptors (Lipinski definition) is 2. The number of likely N-dealkylation sites (N-methyl/N-ethyl adjacent to an activating group) is 1. The minimum atomic E-state index is 0.122. The van der Waals surface area contributed by atoms with E-state index in [-0.39, 0.29) is 5.38 Å². The van der Waals surface area contributed by atoms with Crippen LogP contribution >= 0.6 is 23.2 Å². The maximum absolute atomic E-state index is 5.33. The van der Waals surface area contributed by atoms with E-state index in [4.69, 9.17) is 27.9 Å². The second-order valence-electron chi connectivity index (χ2n) is 3.15. The second-order valence-corrected chi connectivity index (χ2v) is 4.21. The molecule has 0 spiro atoms. The number of nitrogens with zero attached hydrogens (tertiary/aromatic N) is 1. The Morgan fingerprint density at radius 1 is 1.58 bits per heavy atom. The van der Waals surface area contributed by atoms with Crippen molar-refractivity contribution in [1.82, 2.24) is 4.90 Å². The lowest BCUT2D eigenvalue weighted by molar-refractivity contribution is 0.323. The highest BCUT2D eigenvalue weighted by atomic mass is 35.5. The maximum Gasteiger partial charge on any atom is 0.0936 e. The maximum atomic E-state index is 5.33. The summed E-state index contributed by atoms with van der Waals surface area (Å²) in [4.78, 5) is 2.14. The summed E-state index contributed by atoms with van der Waals surface area (Å²) in [6.45, 7) is 3.91. The molecule has 12 heavy (non-hydrogen) atoms. The Morgan fingerprint density at radius 3 is 2.08 bits per heavy atom. The monoisotopic (exact) mass is 213 g/mol. The van der Waals surface area contributed by atoms with Crippen molar-refractivity contribution in [3.63, 3.8) is 0 Å². The van der Waals surface area contributed by atoms with Gasteiger partial charge >= 0.3 is 0 Å². The van der Waals surface area contributed by atoms with Crippen LogP contribution in [-0.4, -0.2) is 49.5 Å². The summed E-state index contributed by atoms with van der Waals surface area (Å²) in [6.07, 6.45) is 0.551. The van der Waals surface area contributed by atoms with E-state index in [1.54, 1.807) is 0 Å². The average Bonchev–Trinajstić information content (AvgIpc) is 2.72. The largest absolute Gasteiger partial charge is 0.372 e. The van der Waals surface area contributed by atoms with E-state index in [1.807, 2.05) is 6.92 Å². The molecule has 0 amide bonds. The van der Waals surface area contributed by atoms with Crippen molar-refractivity contribution in [2.45, 2.75) is 18.4 Å². The molecule has 1 aliphatic rings. The SMILES string of the molecule is CC(Cl)CCl.CN(C)CC1CO1. The van der Waals surface area contributed by atoms with Crippen LogP contribution in [0.4, 0.5) is 0 Å². The van der Waals surface area contributed by atoms with E-state index in [2.05, 4.69) is 19.0 Å². The van der Waals surface area contributed by atoms with Crippen LogP contribution in [0, 0.1) is 0 Å². The van der Waals surface area contributed by atoms with Gasteiger partial charge in [0, 0.05) is 17.8 Å². The topological polar surface area (TPSA) is 15.8 Å². The first-order valence-corrected chi connectivity index (χ1v) is 4.99. The molecule has 1 aliphatic heterocycles. The molecule has 1 fully saturated rings. The van der Waals surface area contributed by atoms with Crippen molar-refractivity contribution in [2.75, 3.05) is 33.1 Å². The van der Waals surface area contributed by atoms with Crippen LogP contribution in [0.2, 0.25) is 0 Å². The molecule has 74 valence electrons. The van der Waals surface area contributed by atoms with Crippen LogP contribution in [0.3, 0.4) is 0 Å². The fourth-order valence-electron chi connectivity index (χ4n) is 0.581. The number of ether oxygens (including phenoxy) is 1. The molecule has 2 unspecified atom stereocenters. The summed E-state index contributed by atoms with van der Waals surface area (Å²) in [5.74, 6) is 0.543. The van der Waals surface area contributed by atoms with E-state index in [9.17, 15) is 0 Å². The lowest BCUT2D eigenvalue weighted by Gasteiger charge is -2.03. The highest BCUT2D eigenvalue weighted by molar-refractivity contribution is 6.27. The second kappa shape index (κ2) is 6.96. The zero-order valence-electron chi connectivity index (χ0n) is 7.89. The van der Waals surface area contributed by atoms with E-state index >= 15 is 0 Å². The van der Waals surface area contributed by atoms with E-state index in [0.717, 1.165) is 13.2 Å². The van der Waals surface area contributed by atoms with Crippen molar-refractivity contribution in [1.29, 1.82) is 0 Å². The molecule has 0 saturated carbocycles. The highest BCUT2D eigenvalue weighted by Crippen LogP contribution is 2.07. The quantitative estimate of drug-likeness (QED) is 0.526. The molecule has 1 saturated heterocycles. The first-order valence-electron chi connectivity index (χ1n) is 4.02. The highest BCUT2D eigenvalue weighted by Gasteiger charge is 2.22. The number of alkyl halides is 2. The van der Waals surface area contributed by atoms with Gasteiger partial charge in [-0.2, -0.15) is 0 Å². The van der Waals surface area contributed by atoms with Crippen LogP contribution in [0.15, 0.2) is 0 Å². The third-order valence-electron chi connectivity index (χ3n) is 1.18. The normalized spacial score (nSPS) is 23.0. The summed E-state index contributed by atoms with van der Waals surface area (Å²) >= 11 is 10.5. The van der Waals surface area contributed by atoms with Crippen LogP contribution in [-0.2, 0) is 4.74 Å². The van der Waals surface area contributed by atoms with Gasteiger partial charge < -0.3 is 9.64 Å². The van der Waals surface area contributed by atoms with Gasteiger partial charge in [0.2, 0.25) is 0 Å². The summed E-state index contributed by atoms with van der Waals surface area (Å²) < 4.78 is 4.98. The van der Waals surface area contributed by atoms with Crippen molar-refractivity contribution >= 4 is 23.2 Å². The molecule has 0 N–H and O–H groups in total. The Labute approximate surface area is 84.8 Å². The van der Waals surface area contributed by atoms with Crippen molar-refractivity contribution < 1.29 is 4.74 Å². The summed E-state index contributed by atoms with van der Waals surface area (Å²) in [5, 5.41) is 0.122. The Hall–Kier alpha value is 0.500. The fraction of sp³-hybridized carbons (Fsp3) is 1.00. The van der Waals surface area contributed by atoms with Crippen LogP contribution in [0.5, 0.6) is 0 Å². The summed E-state index contributed by atoms with van der Waals surface area (Å²) in [5.41, 5.74) is 0. The summed E-state index contributed by atoms with van der Waals surface area (Å²) in [7, 11) is 4.11. The van der Waals surface area contributed by atoms with E-state index in [1.165, 1.54) is 0 Å². The average molecular weight is 214 g/mol. The molecule has 4 heteroatoms.